The molecule has 0 unspecified atom stereocenters. The maximum absolute atomic E-state index is 13.2. The molecular formula is C23H21FN2O2. The number of nitrogens with zero attached hydrogens (tertiary/aromatic N) is 1. The van der Waals surface area contributed by atoms with Gasteiger partial charge in [-0.3, -0.25) is 9.59 Å². The van der Waals surface area contributed by atoms with Crippen LogP contribution in [0.2, 0.25) is 0 Å². The molecule has 0 atom stereocenters. The highest BCUT2D eigenvalue weighted by molar-refractivity contribution is 5.96. The predicted octanol–water partition coefficient (Wildman–Crippen LogP) is 3.72. The minimum absolute atomic E-state index is 0.0229. The van der Waals surface area contributed by atoms with Gasteiger partial charge in [0.05, 0.1) is 19.5 Å². The Morgan fingerprint density at radius 3 is 2.14 bits per heavy atom. The molecule has 0 spiro atoms. The largest absolute Gasteiger partial charge is 0.347 e. The highest BCUT2D eigenvalue weighted by atomic mass is 19.1. The molecule has 3 aromatic carbocycles. The molecule has 3 rings (SSSR count). The second kappa shape index (κ2) is 9.46. The second-order valence-corrected chi connectivity index (χ2v) is 6.38. The summed E-state index contributed by atoms with van der Waals surface area (Å²) < 4.78 is 13.2. The lowest BCUT2D eigenvalue weighted by Crippen LogP contribution is -2.40. The van der Waals surface area contributed by atoms with E-state index >= 15 is 0 Å². The van der Waals surface area contributed by atoms with E-state index in [1.54, 1.807) is 17.0 Å². The summed E-state index contributed by atoms with van der Waals surface area (Å²) in [5.74, 6) is -0.936. The number of anilines is 1. The van der Waals surface area contributed by atoms with Crippen LogP contribution in [0.1, 0.15) is 11.1 Å². The number of benzene rings is 3. The highest BCUT2D eigenvalue weighted by Gasteiger charge is 2.17. The zero-order valence-corrected chi connectivity index (χ0v) is 15.3. The van der Waals surface area contributed by atoms with E-state index in [-0.39, 0.29) is 30.6 Å². The standard InChI is InChI=1S/C23H21FN2O2/c24-20-11-7-10-19(14-20)15-22(27)25-16-23(28)26(21-12-5-2-6-13-21)17-18-8-3-1-4-9-18/h1-14H,15-17H2,(H,25,27). The molecule has 3 aromatic rings. The Labute approximate surface area is 163 Å². The van der Waals surface area contributed by atoms with Gasteiger partial charge < -0.3 is 10.2 Å². The van der Waals surface area contributed by atoms with Gasteiger partial charge in [0.25, 0.3) is 0 Å². The summed E-state index contributed by atoms with van der Waals surface area (Å²) in [5.41, 5.74) is 2.32. The van der Waals surface area contributed by atoms with Crippen molar-refractivity contribution >= 4 is 17.5 Å². The second-order valence-electron chi connectivity index (χ2n) is 6.38. The lowest BCUT2D eigenvalue weighted by atomic mass is 10.1. The molecule has 0 saturated carbocycles. The Morgan fingerprint density at radius 2 is 1.46 bits per heavy atom. The third-order valence-corrected chi connectivity index (χ3v) is 4.24. The van der Waals surface area contributed by atoms with E-state index in [1.165, 1.54) is 12.1 Å². The van der Waals surface area contributed by atoms with Crippen LogP contribution in [0.25, 0.3) is 0 Å². The van der Waals surface area contributed by atoms with Crippen LogP contribution in [0.4, 0.5) is 10.1 Å². The summed E-state index contributed by atoms with van der Waals surface area (Å²) in [6.07, 6.45) is 0.0229. The number of hydrogen-bond acceptors (Lipinski definition) is 2. The summed E-state index contributed by atoms with van der Waals surface area (Å²) in [4.78, 5) is 26.6. The van der Waals surface area contributed by atoms with Gasteiger partial charge in [0.2, 0.25) is 11.8 Å². The molecule has 5 heteroatoms. The number of hydrogen-bond donors (Lipinski definition) is 1. The van der Waals surface area contributed by atoms with Crippen molar-refractivity contribution in [2.24, 2.45) is 0 Å². The van der Waals surface area contributed by atoms with Crippen molar-refractivity contribution in [1.82, 2.24) is 5.32 Å². The molecule has 0 aliphatic carbocycles. The van der Waals surface area contributed by atoms with Crippen molar-refractivity contribution in [1.29, 1.82) is 0 Å². The Balaban J connectivity index is 1.65. The normalized spacial score (nSPS) is 10.3. The molecule has 0 aliphatic rings. The fraction of sp³-hybridized carbons (Fsp3) is 0.130. The van der Waals surface area contributed by atoms with E-state index < -0.39 is 0 Å². The fourth-order valence-corrected chi connectivity index (χ4v) is 2.86. The third-order valence-electron chi connectivity index (χ3n) is 4.24. The average molecular weight is 376 g/mol. The number of rotatable bonds is 7. The van der Waals surface area contributed by atoms with Crippen LogP contribution < -0.4 is 10.2 Å². The van der Waals surface area contributed by atoms with Gasteiger partial charge in [0.15, 0.2) is 0 Å². The van der Waals surface area contributed by atoms with Crippen LogP contribution in [0.5, 0.6) is 0 Å². The molecule has 0 heterocycles. The van der Waals surface area contributed by atoms with Gasteiger partial charge in [-0.1, -0.05) is 60.7 Å². The fourth-order valence-electron chi connectivity index (χ4n) is 2.86. The number of carbonyl (C=O) groups excluding carboxylic acids is 2. The molecule has 2 amide bonds. The van der Waals surface area contributed by atoms with E-state index in [1.807, 2.05) is 60.7 Å². The van der Waals surface area contributed by atoms with Crippen LogP contribution in [0.3, 0.4) is 0 Å². The first-order chi connectivity index (χ1) is 13.6. The minimum atomic E-state index is -0.389. The van der Waals surface area contributed by atoms with E-state index in [0.29, 0.717) is 12.1 Å². The van der Waals surface area contributed by atoms with Crippen molar-refractivity contribution in [3.05, 3.63) is 102 Å². The topological polar surface area (TPSA) is 49.4 Å². The van der Waals surface area contributed by atoms with Crippen molar-refractivity contribution < 1.29 is 14.0 Å². The Hall–Kier alpha value is -3.47. The monoisotopic (exact) mass is 376 g/mol. The zero-order chi connectivity index (χ0) is 19.8. The molecule has 0 bridgehead atoms. The quantitative estimate of drug-likeness (QED) is 0.683. The van der Waals surface area contributed by atoms with Gasteiger partial charge in [0.1, 0.15) is 5.82 Å². The van der Waals surface area contributed by atoms with E-state index in [2.05, 4.69) is 5.32 Å². The van der Waals surface area contributed by atoms with E-state index in [4.69, 9.17) is 0 Å². The summed E-state index contributed by atoms with van der Waals surface area (Å²) in [6.45, 7) is 0.277. The Kier molecular flexibility index (Phi) is 6.52. The average Bonchev–Trinajstić information content (AvgIpc) is 2.72. The van der Waals surface area contributed by atoms with Crippen LogP contribution in [0.15, 0.2) is 84.9 Å². The van der Waals surface area contributed by atoms with Crippen molar-refractivity contribution in [2.45, 2.75) is 13.0 Å². The van der Waals surface area contributed by atoms with Gasteiger partial charge >= 0.3 is 0 Å². The number of nitrogens with one attached hydrogen (secondary N) is 1. The SMILES string of the molecule is O=C(Cc1cccc(F)c1)NCC(=O)N(Cc1ccccc1)c1ccccc1. The molecule has 0 radical (unpaired) electrons. The molecule has 0 saturated heterocycles. The minimum Gasteiger partial charge on any atom is -0.347 e. The molecule has 4 nitrogen and oxygen atoms in total. The van der Waals surface area contributed by atoms with E-state index in [9.17, 15) is 14.0 Å². The summed E-state index contributed by atoms with van der Waals surface area (Å²) >= 11 is 0. The smallest absolute Gasteiger partial charge is 0.246 e. The summed E-state index contributed by atoms with van der Waals surface area (Å²) in [5, 5.41) is 2.63. The van der Waals surface area contributed by atoms with Crippen LogP contribution in [-0.2, 0) is 22.6 Å². The maximum atomic E-state index is 13.2. The molecule has 142 valence electrons. The zero-order valence-electron chi connectivity index (χ0n) is 15.3. The van der Waals surface area contributed by atoms with Crippen LogP contribution in [-0.4, -0.2) is 18.4 Å². The van der Waals surface area contributed by atoms with Gasteiger partial charge in [0, 0.05) is 5.69 Å². The summed E-state index contributed by atoms with van der Waals surface area (Å²) in [6, 6.07) is 24.9. The third kappa shape index (κ3) is 5.51. The van der Waals surface area contributed by atoms with Gasteiger partial charge in [-0.05, 0) is 35.4 Å². The Morgan fingerprint density at radius 1 is 0.821 bits per heavy atom. The lowest BCUT2D eigenvalue weighted by molar-refractivity contribution is -0.124. The predicted molar refractivity (Wildman–Crippen MR) is 107 cm³/mol. The number of halogens is 1. The van der Waals surface area contributed by atoms with Crippen molar-refractivity contribution in [2.75, 3.05) is 11.4 Å². The molecule has 0 aromatic heterocycles. The molecular weight excluding hydrogens is 355 g/mol. The van der Waals surface area contributed by atoms with Crippen LogP contribution >= 0.6 is 0 Å². The van der Waals surface area contributed by atoms with Gasteiger partial charge in [-0.15, -0.1) is 0 Å². The summed E-state index contributed by atoms with van der Waals surface area (Å²) in [7, 11) is 0. The van der Waals surface area contributed by atoms with Gasteiger partial charge in [-0.2, -0.15) is 0 Å². The molecule has 0 fully saturated rings. The first-order valence-corrected chi connectivity index (χ1v) is 9.02. The molecule has 28 heavy (non-hydrogen) atoms. The number of carbonyl (C=O) groups is 2. The van der Waals surface area contributed by atoms with Crippen LogP contribution in [0, 0.1) is 5.82 Å². The van der Waals surface area contributed by atoms with E-state index in [0.717, 1.165) is 11.3 Å². The molecule has 1 N–H and O–H groups in total. The maximum Gasteiger partial charge on any atom is 0.246 e. The first kappa shape index (κ1) is 19.3. The number of amides is 2. The molecule has 0 aliphatic heterocycles. The van der Waals surface area contributed by atoms with Crippen molar-refractivity contribution in [3.63, 3.8) is 0 Å². The first-order valence-electron chi connectivity index (χ1n) is 9.02. The highest BCUT2D eigenvalue weighted by Crippen LogP contribution is 2.17. The number of para-hydroxylation sites is 1. The van der Waals surface area contributed by atoms with Crippen molar-refractivity contribution in [3.8, 4) is 0 Å². The Bertz CT molecular complexity index is 930. The van der Waals surface area contributed by atoms with Gasteiger partial charge in [-0.25, -0.2) is 4.39 Å². The lowest BCUT2D eigenvalue weighted by Gasteiger charge is -2.23.